The van der Waals surface area contributed by atoms with Crippen LogP contribution >= 0.6 is 11.6 Å². The van der Waals surface area contributed by atoms with E-state index in [4.69, 9.17) is 11.6 Å². The van der Waals surface area contributed by atoms with Crippen molar-refractivity contribution in [3.63, 3.8) is 0 Å². The highest BCUT2D eigenvalue weighted by molar-refractivity contribution is 6.30. The van der Waals surface area contributed by atoms with Crippen LogP contribution in [0.25, 0.3) is 5.57 Å². The third-order valence-corrected chi connectivity index (χ3v) is 2.67. The zero-order valence-corrected chi connectivity index (χ0v) is 10.3. The van der Waals surface area contributed by atoms with Crippen molar-refractivity contribution in [2.45, 2.75) is 39.5 Å². The van der Waals surface area contributed by atoms with Crippen LogP contribution in [0.15, 0.2) is 30.3 Å². The molecule has 0 spiro atoms. The average molecular weight is 223 g/mol. The monoisotopic (exact) mass is 222 g/mol. The molecule has 0 fully saturated rings. The minimum absolute atomic E-state index is 0.810. The molecule has 0 atom stereocenters. The highest BCUT2D eigenvalue weighted by Gasteiger charge is 1.99. The van der Waals surface area contributed by atoms with Crippen LogP contribution in [0.2, 0.25) is 5.02 Å². The van der Waals surface area contributed by atoms with E-state index in [0.29, 0.717) is 0 Å². The Hall–Kier alpha value is -0.750. The number of halogens is 1. The molecule has 0 amide bonds. The van der Waals surface area contributed by atoms with E-state index in [2.05, 4.69) is 32.1 Å². The molecular weight excluding hydrogens is 204 g/mol. The molecule has 15 heavy (non-hydrogen) atoms. The maximum absolute atomic E-state index is 5.88. The second-order valence-corrected chi connectivity index (χ2v) is 4.21. The Morgan fingerprint density at radius 2 is 1.80 bits per heavy atom. The molecule has 0 N–H and O–H groups in total. The first kappa shape index (κ1) is 12.3. The fourth-order valence-corrected chi connectivity index (χ4v) is 1.74. The predicted octanol–water partition coefficient (Wildman–Crippen LogP) is 5.32. The van der Waals surface area contributed by atoms with Gasteiger partial charge in [0.25, 0.3) is 0 Å². The van der Waals surface area contributed by atoms with Gasteiger partial charge in [-0.15, -0.1) is 0 Å². The van der Waals surface area contributed by atoms with Crippen LogP contribution in [-0.2, 0) is 0 Å². The molecule has 1 rings (SSSR count). The van der Waals surface area contributed by atoms with Gasteiger partial charge in [0.2, 0.25) is 0 Å². The maximum atomic E-state index is 5.88. The molecule has 0 saturated carbocycles. The van der Waals surface area contributed by atoms with Gasteiger partial charge >= 0.3 is 0 Å². The fourth-order valence-electron chi connectivity index (χ4n) is 1.62. The first-order chi connectivity index (χ1) is 7.27. The average Bonchev–Trinajstić information content (AvgIpc) is 2.25. The van der Waals surface area contributed by atoms with Crippen LogP contribution in [0.1, 0.15) is 45.1 Å². The molecule has 1 aromatic rings. The van der Waals surface area contributed by atoms with Crippen molar-refractivity contribution in [1.29, 1.82) is 0 Å². The standard InChI is InChI=1S/C14H19Cl/c1-3-5-7-12(6-4-2)13-8-10-14(15)11-9-13/h7-11H,3-6H2,1-2H3/b12-7+. The smallest absolute Gasteiger partial charge is 0.0406 e. The third-order valence-electron chi connectivity index (χ3n) is 2.41. The SMILES string of the molecule is CCC/C=C(\CCC)c1ccc(Cl)cc1. The Labute approximate surface area is 98.0 Å². The van der Waals surface area contributed by atoms with Crippen LogP contribution in [0.4, 0.5) is 0 Å². The minimum atomic E-state index is 0.810. The van der Waals surface area contributed by atoms with Crippen LogP contribution in [0.5, 0.6) is 0 Å². The van der Waals surface area contributed by atoms with Crippen molar-refractivity contribution in [3.05, 3.63) is 40.9 Å². The maximum Gasteiger partial charge on any atom is 0.0406 e. The number of allylic oxidation sites excluding steroid dienone is 2. The normalized spacial score (nSPS) is 11.8. The molecule has 0 saturated heterocycles. The van der Waals surface area contributed by atoms with Crippen molar-refractivity contribution in [2.24, 2.45) is 0 Å². The number of hydrogen-bond donors (Lipinski definition) is 0. The van der Waals surface area contributed by atoms with E-state index in [9.17, 15) is 0 Å². The summed E-state index contributed by atoms with van der Waals surface area (Å²) >= 11 is 5.88. The summed E-state index contributed by atoms with van der Waals surface area (Å²) in [5, 5.41) is 0.810. The van der Waals surface area contributed by atoms with Gasteiger partial charge in [-0.2, -0.15) is 0 Å². The second-order valence-electron chi connectivity index (χ2n) is 3.77. The topological polar surface area (TPSA) is 0 Å². The zero-order valence-electron chi connectivity index (χ0n) is 9.59. The van der Waals surface area contributed by atoms with Gasteiger partial charge in [0.1, 0.15) is 0 Å². The molecule has 0 heterocycles. The molecule has 0 aliphatic rings. The van der Waals surface area contributed by atoms with Crippen molar-refractivity contribution < 1.29 is 0 Å². The van der Waals surface area contributed by atoms with Gasteiger partial charge in [0.15, 0.2) is 0 Å². The van der Waals surface area contributed by atoms with Crippen LogP contribution < -0.4 is 0 Å². The molecule has 0 aliphatic heterocycles. The third kappa shape index (κ3) is 4.09. The van der Waals surface area contributed by atoms with E-state index in [1.807, 2.05) is 12.1 Å². The Kier molecular flexibility index (Phi) is 5.49. The summed E-state index contributed by atoms with van der Waals surface area (Å²) in [6, 6.07) is 8.15. The zero-order chi connectivity index (χ0) is 11.1. The first-order valence-electron chi connectivity index (χ1n) is 5.73. The predicted molar refractivity (Wildman–Crippen MR) is 69.2 cm³/mol. The second kappa shape index (κ2) is 6.68. The van der Waals surface area contributed by atoms with Crippen LogP contribution in [0.3, 0.4) is 0 Å². The first-order valence-corrected chi connectivity index (χ1v) is 6.10. The molecule has 1 aromatic carbocycles. The van der Waals surface area contributed by atoms with E-state index in [-0.39, 0.29) is 0 Å². The van der Waals surface area contributed by atoms with Gasteiger partial charge in [-0.1, -0.05) is 56.5 Å². The molecule has 0 aromatic heterocycles. The summed E-state index contributed by atoms with van der Waals surface area (Å²) < 4.78 is 0. The van der Waals surface area contributed by atoms with E-state index in [1.54, 1.807) is 0 Å². The Morgan fingerprint density at radius 3 is 2.33 bits per heavy atom. The van der Waals surface area contributed by atoms with Gasteiger partial charge in [-0.3, -0.25) is 0 Å². The molecule has 82 valence electrons. The minimum Gasteiger partial charge on any atom is -0.0843 e. The molecule has 0 nitrogen and oxygen atoms in total. The van der Waals surface area contributed by atoms with E-state index in [0.717, 1.165) is 17.9 Å². The summed E-state index contributed by atoms with van der Waals surface area (Å²) in [7, 11) is 0. The Morgan fingerprint density at radius 1 is 1.13 bits per heavy atom. The fraction of sp³-hybridized carbons (Fsp3) is 0.429. The highest BCUT2D eigenvalue weighted by Crippen LogP contribution is 2.22. The lowest BCUT2D eigenvalue weighted by Gasteiger charge is -2.06. The van der Waals surface area contributed by atoms with E-state index >= 15 is 0 Å². The van der Waals surface area contributed by atoms with Crippen molar-refractivity contribution in [2.75, 3.05) is 0 Å². The lowest BCUT2D eigenvalue weighted by molar-refractivity contribution is 0.933. The molecule has 1 heteroatoms. The Balaban J connectivity index is 2.83. The van der Waals surface area contributed by atoms with Gasteiger partial charge in [-0.05, 0) is 36.1 Å². The summed E-state index contributed by atoms with van der Waals surface area (Å²) in [4.78, 5) is 0. The van der Waals surface area contributed by atoms with Gasteiger partial charge in [0, 0.05) is 5.02 Å². The van der Waals surface area contributed by atoms with Crippen LogP contribution in [-0.4, -0.2) is 0 Å². The van der Waals surface area contributed by atoms with Crippen molar-refractivity contribution in [1.82, 2.24) is 0 Å². The van der Waals surface area contributed by atoms with Gasteiger partial charge < -0.3 is 0 Å². The van der Waals surface area contributed by atoms with Gasteiger partial charge in [0.05, 0.1) is 0 Å². The van der Waals surface area contributed by atoms with Crippen molar-refractivity contribution >= 4 is 17.2 Å². The quantitative estimate of drug-likeness (QED) is 0.632. The van der Waals surface area contributed by atoms with E-state index < -0.39 is 0 Å². The number of benzene rings is 1. The molecule has 0 radical (unpaired) electrons. The highest BCUT2D eigenvalue weighted by atomic mass is 35.5. The lowest BCUT2D eigenvalue weighted by Crippen LogP contribution is -1.84. The molecular formula is C14H19Cl. The van der Waals surface area contributed by atoms with Crippen LogP contribution in [0, 0.1) is 0 Å². The number of rotatable bonds is 5. The van der Waals surface area contributed by atoms with Crippen molar-refractivity contribution in [3.8, 4) is 0 Å². The molecule has 0 bridgehead atoms. The lowest BCUT2D eigenvalue weighted by atomic mass is 10.00. The summed E-state index contributed by atoms with van der Waals surface area (Å²) in [6.45, 7) is 4.43. The summed E-state index contributed by atoms with van der Waals surface area (Å²) in [5.41, 5.74) is 2.77. The summed E-state index contributed by atoms with van der Waals surface area (Å²) in [6.07, 6.45) is 7.07. The molecule has 0 aliphatic carbocycles. The van der Waals surface area contributed by atoms with E-state index in [1.165, 1.54) is 24.0 Å². The van der Waals surface area contributed by atoms with Gasteiger partial charge in [-0.25, -0.2) is 0 Å². The summed E-state index contributed by atoms with van der Waals surface area (Å²) in [5.74, 6) is 0. The number of unbranched alkanes of at least 4 members (excludes halogenated alkanes) is 1. The Bertz CT molecular complexity index is 309. The largest absolute Gasteiger partial charge is 0.0843 e. The molecule has 0 unspecified atom stereocenters. The number of hydrogen-bond acceptors (Lipinski definition) is 0.